The Morgan fingerprint density at radius 2 is 1.20 bits per heavy atom. The van der Waals surface area contributed by atoms with Gasteiger partial charge in [-0.15, -0.1) is 0 Å². The smallest absolute Gasteiger partial charge is 0.322 e. The number of carboxylic acids is 2. The maximum atomic E-state index is 14.6. The summed E-state index contributed by atoms with van der Waals surface area (Å²) < 4.78 is 41.4. The van der Waals surface area contributed by atoms with Gasteiger partial charge < -0.3 is 35.6 Å². The van der Waals surface area contributed by atoms with Crippen LogP contribution < -0.4 is 25.4 Å². The van der Waals surface area contributed by atoms with Gasteiger partial charge in [-0.3, -0.25) is 14.4 Å². The van der Waals surface area contributed by atoms with Gasteiger partial charge in [0.1, 0.15) is 25.5 Å². The predicted molar refractivity (Wildman–Crippen MR) is 213 cm³/mol. The molecule has 54 heavy (non-hydrogen) atoms. The Labute approximate surface area is 338 Å². The quantitative estimate of drug-likeness (QED) is 0.0742. The van der Waals surface area contributed by atoms with Crippen LogP contribution in [0.25, 0.3) is 0 Å². The molecule has 0 aliphatic carbocycles. The number of aliphatic carboxylic acids is 2. The first-order valence-corrected chi connectivity index (χ1v) is 18.8. The lowest BCUT2D eigenvalue weighted by Crippen LogP contribution is -2.29. The monoisotopic (exact) mass is 915 g/mol. The number of ether oxygens (including phenoxy) is 2. The summed E-state index contributed by atoms with van der Waals surface area (Å²) in [5, 5.41) is 26.3. The standard InChI is InChI=1S/C19H19Br2FN2O4.C19H20Cl2FNO3/c1-10(2)24-15-5-3-4-11(17(15)22)9-28-18-13(20)6-12(7-14(18)21)19(27)23-8-16(25)26;1-11(2)23-16-5-3-4-13(18(16)22)10-26-19-14(20)8-12(9-15(19)21)6-7-17(24)25/h3-7,10,24H,8-9H2,1-2H3,(H,23,27)(H,25,26);3-5,8-9,11,23H,6-7,10H2,1-2H3,(H,24,25). The molecular weight excluding hydrogens is 879 g/mol. The molecule has 0 radical (unpaired) electrons. The van der Waals surface area contributed by atoms with E-state index in [4.69, 9.17) is 42.9 Å². The largest absolute Gasteiger partial charge is 0.486 e. The van der Waals surface area contributed by atoms with Crippen molar-refractivity contribution in [1.82, 2.24) is 5.32 Å². The SMILES string of the molecule is CC(C)Nc1cccc(COc2c(Br)cc(C(=O)NCC(=O)O)cc2Br)c1F.CC(C)Nc1cccc(COc2c(Cl)cc(CCC(=O)O)cc2Cl)c1F. The molecule has 5 N–H and O–H groups in total. The average Bonchev–Trinajstić information content (AvgIpc) is 3.08. The van der Waals surface area contributed by atoms with E-state index >= 15 is 0 Å². The lowest BCUT2D eigenvalue weighted by atomic mass is 10.1. The van der Waals surface area contributed by atoms with Crippen LogP contribution >= 0.6 is 55.1 Å². The Morgan fingerprint density at radius 1 is 0.741 bits per heavy atom. The highest BCUT2D eigenvalue weighted by Crippen LogP contribution is 2.37. The molecule has 0 aromatic heterocycles. The molecule has 0 saturated heterocycles. The summed E-state index contributed by atoms with van der Waals surface area (Å²) >= 11 is 19.0. The van der Waals surface area contributed by atoms with Crippen LogP contribution in [-0.4, -0.2) is 46.7 Å². The second kappa shape index (κ2) is 21.1. The molecule has 0 fully saturated rings. The Bertz CT molecular complexity index is 1920. The number of nitrogens with one attached hydrogen (secondary N) is 3. The number of carboxylic acid groups (broad SMARTS) is 2. The van der Waals surface area contributed by atoms with Gasteiger partial charge in [0.25, 0.3) is 5.91 Å². The number of carbonyl (C=O) groups excluding carboxylic acids is 1. The molecular formula is C38H39Br2Cl2F2N3O7. The molecule has 4 aromatic carbocycles. The van der Waals surface area contributed by atoms with Crippen LogP contribution in [0.1, 0.15) is 61.2 Å². The lowest BCUT2D eigenvalue weighted by Gasteiger charge is -2.15. The molecule has 16 heteroatoms. The van der Waals surface area contributed by atoms with Crippen molar-refractivity contribution >= 4 is 84.3 Å². The van der Waals surface area contributed by atoms with E-state index in [-0.39, 0.29) is 64.7 Å². The summed E-state index contributed by atoms with van der Waals surface area (Å²) in [6.07, 6.45) is 0.292. The van der Waals surface area contributed by atoms with Crippen molar-refractivity contribution < 1.29 is 42.9 Å². The van der Waals surface area contributed by atoms with Crippen LogP contribution in [0.3, 0.4) is 0 Å². The van der Waals surface area contributed by atoms with Gasteiger partial charge in [-0.1, -0.05) is 47.5 Å². The topological polar surface area (TPSA) is 146 Å². The normalized spacial score (nSPS) is 10.7. The first kappa shape index (κ1) is 44.3. The summed E-state index contributed by atoms with van der Waals surface area (Å²) in [5.74, 6) is -2.69. The third-order valence-corrected chi connectivity index (χ3v) is 8.88. The Kier molecular flexibility index (Phi) is 17.3. The fourth-order valence-electron chi connectivity index (χ4n) is 4.76. The van der Waals surface area contributed by atoms with E-state index in [1.807, 2.05) is 27.7 Å². The van der Waals surface area contributed by atoms with Crippen LogP contribution in [0.5, 0.6) is 11.5 Å². The van der Waals surface area contributed by atoms with E-state index in [1.54, 1.807) is 48.5 Å². The van der Waals surface area contributed by atoms with Gasteiger partial charge in [-0.05, 0) is 108 Å². The highest BCUT2D eigenvalue weighted by molar-refractivity contribution is 9.11. The third kappa shape index (κ3) is 13.6. The number of benzene rings is 4. The number of hydrogen-bond acceptors (Lipinski definition) is 7. The maximum Gasteiger partial charge on any atom is 0.322 e. The van der Waals surface area contributed by atoms with Crippen molar-refractivity contribution in [2.24, 2.45) is 0 Å². The van der Waals surface area contributed by atoms with Crippen LogP contribution in [0.2, 0.25) is 10.0 Å². The predicted octanol–water partition coefficient (Wildman–Crippen LogP) is 10.1. The maximum absolute atomic E-state index is 14.6. The highest BCUT2D eigenvalue weighted by atomic mass is 79.9. The highest BCUT2D eigenvalue weighted by Gasteiger charge is 2.17. The van der Waals surface area contributed by atoms with Crippen molar-refractivity contribution in [1.29, 1.82) is 0 Å². The van der Waals surface area contributed by atoms with Gasteiger partial charge in [0.2, 0.25) is 0 Å². The summed E-state index contributed by atoms with van der Waals surface area (Å²) in [5.41, 5.74) is 2.51. The van der Waals surface area contributed by atoms with Gasteiger partial charge >= 0.3 is 11.9 Å². The molecule has 0 atom stereocenters. The molecule has 0 aliphatic rings. The van der Waals surface area contributed by atoms with E-state index < -0.39 is 24.4 Å². The second-order valence-corrected chi connectivity index (χ2v) is 14.9. The fourth-order valence-corrected chi connectivity index (χ4v) is 6.82. The number of carbonyl (C=O) groups is 3. The first-order chi connectivity index (χ1) is 25.5. The lowest BCUT2D eigenvalue weighted by molar-refractivity contribution is -0.137. The summed E-state index contributed by atoms with van der Waals surface area (Å²) in [7, 11) is 0. The number of rotatable bonds is 16. The van der Waals surface area contributed by atoms with Crippen molar-refractivity contribution in [2.75, 3.05) is 17.2 Å². The average molecular weight is 918 g/mol. The molecule has 290 valence electrons. The Balaban J connectivity index is 0.000000291. The molecule has 0 heterocycles. The number of amides is 1. The molecule has 10 nitrogen and oxygen atoms in total. The summed E-state index contributed by atoms with van der Waals surface area (Å²) in [4.78, 5) is 33.2. The second-order valence-electron chi connectivity index (χ2n) is 12.4. The Hall–Kier alpha value is -4.11. The van der Waals surface area contributed by atoms with E-state index in [0.717, 1.165) is 0 Å². The minimum atomic E-state index is -1.14. The molecule has 4 aromatic rings. The number of halogens is 6. The number of aryl methyl sites for hydroxylation is 1. The van der Waals surface area contributed by atoms with Gasteiger partial charge in [0.05, 0.1) is 30.4 Å². The summed E-state index contributed by atoms with van der Waals surface area (Å²) in [6.45, 7) is 7.17. The number of hydrogen-bond donors (Lipinski definition) is 5. The molecule has 0 spiro atoms. The van der Waals surface area contributed by atoms with Gasteiger partial charge in [0, 0.05) is 35.2 Å². The van der Waals surface area contributed by atoms with E-state index in [0.29, 0.717) is 49.2 Å². The fraction of sp³-hybridized carbons (Fsp3) is 0.289. The molecule has 0 aliphatic heterocycles. The van der Waals surface area contributed by atoms with Crippen LogP contribution in [0.4, 0.5) is 20.2 Å². The van der Waals surface area contributed by atoms with Crippen LogP contribution in [0, 0.1) is 11.6 Å². The van der Waals surface area contributed by atoms with Gasteiger partial charge in [-0.2, -0.15) is 0 Å². The first-order valence-electron chi connectivity index (χ1n) is 16.5. The van der Waals surface area contributed by atoms with Crippen molar-refractivity contribution in [2.45, 2.75) is 65.8 Å². The molecule has 0 saturated carbocycles. The van der Waals surface area contributed by atoms with Crippen molar-refractivity contribution in [3.05, 3.63) is 114 Å². The Morgan fingerprint density at radius 3 is 1.63 bits per heavy atom. The van der Waals surface area contributed by atoms with Crippen LogP contribution in [0.15, 0.2) is 69.6 Å². The van der Waals surface area contributed by atoms with E-state index in [9.17, 15) is 23.2 Å². The third-order valence-electron chi connectivity index (χ3n) is 7.14. The van der Waals surface area contributed by atoms with Gasteiger partial charge in [-0.25, -0.2) is 8.78 Å². The minimum Gasteiger partial charge on any atom is -0.486 e. The minimum absolute atomic E-state index is 0.0127. The summed E-state index contributed by atoms with van der Waals surface area (Å²) in [6, 6.07) is 16.5. The van der Waals surface area contributed by atoms with E-state index in [2.05, 4.69) is 47.8 Å². The van der Waals surface area contributed by atoms with Crippen LogP contribution in [-0.2, 0) is 29.2 Å². The van der Waals surface area contributed by atoms with Gasteiger partial charge in [0.15, 0.2) is 17.4 Å². The van der Waals surface area contributed by atoms with Crippen molar-refractivity contribution in [3.63, 3.8) is 0 Å². The van der Waals surface area contributed by atoms with Crippen molar-refractivity contribution in [3.8, 4) is 11.5 Å². The zero-order valence-electron chi connectivity index (χ0n) is 29.7. The zero-order chi connectivity index (χ0) is 40.1. The zero-order valence-corrected chi connectivity index (χ0v) is 34.4. The molecule has 4 rings (SSSR count). The number of anilines is 2. The van der Waals surface area contributed by atoms with E-state index in [1.165, 1.54) is 12.1 Å². The molecule has 0 bridgehead atoms. The molecule has 0 unspecified atom stereocenters. The molecule has 1 amide bonds.